The first-order valence-electron chi connectivity index (χ1n) is 9.86. The van der Waals surface area contributed by atoms with E-state index in [1.54, 1.807) is 0 Å². The van der Waals surface area contributed by atoms with Gasteiger partial charge in [0.2, 0.25) is 5.91 Å². The van der Waals surface area contributed by atoms with Crippen LogP contribution in [0.5, 0.6) is 0 Å². The second-order valence-electron chi connectivity index (χ2n) is 8.20. The standard InChI is InChI=1S/C21H30N2OS2/c1-22-16-21(13-19(20(22)24)17-5-3-2-4-6-17)7-9-23(10-8-21)18-14-25-11-12-26-15-18/h2-6,18-19H,7-16H2,1H3/t19-/m0/s1. The molecule has 1 spiro atoms. The molecule has 3 nitrogen and oxygen atoms in total. The number of amides is 1. The van der Waals surface area contributed by atoms with E-state index in [0.717, 1.165) is 19.0 Å². The number of nitrogens with zero attached hydrogens (tertiary/aromatic N) is 2. The summed E-state index contributed by atoms with van der Waals surface area (Å²) in [4.78, 5) is 17.6. The highest BCUT2D eigenvalue weighted by atomic mass is 32.2. The van der Waals surface area contributed by atoms with Crippen LogP contribution in [0.25, 0.3) is 0 Å². The average molecular weight is 391 g/mol. The minimum Gasteiger partial charge on any atom is -0.345 e. The molecule has 0 unspecified atom stereocenters. The maximum absolute atomic E-state index is 12.8. The molecule has 1 amide bonds. The van der Waals surface area contributed by atoms with Gasteiger partial charge in [-0.05, 0) is 43.3 Å². The van der Waals surface area contributed by atoms with E-state index in [1.165, 1.54) is 54.5 Å². The fourth-order valence-corrected chi connectivity index (χ4v) is 7.55. The Kier molecular flexibility index (Phi) is 5.87. The quantitative estimate of drug-likeness (QED) is 0.770. The summed E-state index contributed by atoms with van der Waals surface area (Å²) in [5, 5.41) is 0. The van der Waals surface area contributed by atoms with Gasteiger partial charge in [-0.3, -0.25) is 9.69 Å². The summed E-state index contributed by atoms with van der Waals surface area (Å²) in [5.41, 5.74) is 1.51. The Labute approximate surface area is 166 Å². The number of rotatable bonds is 2. The van der Waals surface area contributed by atoms with Crippen LogP contribution in [0.3, 0.4) is 0 Å². The number of thioether (sulfide) groups is 2. The number of hydrogen-bond donors (Lipinski definition) is 0. The van der Waals surface area contributed by atoms with Crippen LogP contribution < -0.4 is 0 Å². The molecule has 0 bridgehead atoms. The molecule has 1 aromatic carbocycles. The van der Waals surface area contributed by atoms with Crippen LogP contribution in [0.2, 0.25) is 0 Å². The van der Waals surface area contributed by atoms with Crippen LogP contribution in [-0.2, 0) is 4.79 Å². The molecule has 0 saturated carbocycles. The van der Waals surface area contributed by atoms with Crippen LogP contribution >= 0.6 is 23.5 Å². The molecule has 0 aliphatic carbocycles. The summed E-state index contributed by atoms with van der Waals surface area (Å²) < 4.78 is 0. The van der Waals surface area contributed by atoms with Crippen molar-refractivity contribution >= 4 is 29.4 Å². The molecule has 3 aliphatic heterocycles. The van der Waals surface area contributed by atoms with Crippen LogP contribution in [0.15, 0.2) is 30.3 Å². The molecule has 0 N–H and O–H groups in total. The average Bonchev–Trinajstić information content (AvgIpc) is 2.96. The Hall–Kier alpha value is -0.650. The lowest BCUT2D eigenvalue weighted by Crippen LogP contribution is -2.54. The van der Waals surface area contributed by atoms with Crippen LogP contribution in [0.1, 0.15) is 30.7 Å². The van der Waals surface area contributed by atoms with Gasteiger partial charge in [-0.2, -0.15) is 23.5 Å². The van der Waals surface area contributed by atoms with Crippen molar-refractivity contribution in [3.8, 4) is 0 Å². The van der Waals surface area contributed by atoms with Crippen molar-refractivity contribution < 1.29 is 4.79 Å². The number of likely N-dealkylation sites (tertiary alicyclic amines) is 2. The molecule has 3 heterocycles. The summed E-state index contributed by atoms with van der Waals surface area (Å²) in [5.74, 6) is 5.57. The maximum atomic E-state index is 12.8. The normalized spacial score (nSPS) is 28.3. The molecule has 3 saturated heterocycles. The number of likely N-dealkylation sites (N-methyl/N-ethyl adjacent to an activating group) is 1. The fraction of sp³-hybridized carbons (Fsp3) is 0.667. The van der Waals surface area contributed by atoms with Crippen molar-refractivity contribution in [3.63, 3.8) is 0 Å². The lowest BCUT2D eigenvalue weighted by molar-refractivity contribution is -0.139. The minimum absolute atomic E-state index is 0.0468. The number of piperidine rings is 2. The number of carbonyl (C=O) groups excluding carboxylic acids is 1. The topological polar surface area (TPSA) is 23.6 Å². The Balaban J connectivity index is 1.44. The van der Waals surface area contributed by atoms with Crippen LogP contribution in [0, 0.1) is 5.41 Å². The van der Waals surface area contributed by atoms with E-state index < -0.39 is 0 Å². The fourth-order valence-electron chi connectivity index (χ4n) is 4.92. The van der Waals surface area contributed by atoms with Gasteiger partial charge in [-0.15, -0.1) is 0 Å². The van der Waals surface area contributed by atoms with Gasteiger partial charge in [0.1, 0.15) is 0 Å². The highest BCUT2D eigenvalue weighted by Gasteiger charge is 2.45. The van der Waals surface area contributed by atoms with Crippen molar-refractivity contribution in [1.29, 1.82) is 0 Å². The molecule has 4 rings (SSSR count). The monoisotopic (exact) mass is 390 g/mol. The number of hydrogen-bond acceptors (Lipinski definition) is 4. The largest absolute Gasteiger partial charge is 0.345 e. The van der Waals surface area contributed by atoms with E-state index in [-0.39, 0.29) is 5.92 Å². The molecule has 26 heavy (non-hydrogen) atoms. The second kappa shape index (κ2) is 8.15. The van der Waals surface area contributed by atoms with E-state index in [2.05, 4.69) is 52.7 Å². The van der Waals surface area contributed by atoms with Gasteiger partial charge in [0.25, 0.3) is 0 Å². The third kappa shape index (κ3) is 3.95. The molecule has 1 atom stereocenters. The van der Waals surface area contributed by atoms with Gasteiger partial charge in [-0.1, -0.05) is 30.3 Å². The summed E-state index contributed by atoms with van der Waals surface area (Å²) in [6.07, 6.45) is 3.50. The summed E-state index contributed by atoms with van der Waals surface area (Å²) >= 11 is 4.26. The van der Waals surface area contributed by atoms with E-state index in [1.807, 2.05) is 18.0 Å². The molecule has 0 aromatic heterocycles. The highest BCUT2D eigenvalue weighted by Crippen LogP contribution is 2.45. The first-order valence-corrected chi connectivity index (χ1v) is 12.2. The third-order valence-electron chi connectivity index (χ3n) is 6.45. The zero-order valence-corrected chi connectivity index (χ0v) is 17.4. The summed E-state index contributed by atoms with van der Waals surface area (Å²) in [6.45, 7) is 3.35. The zero-order valence-electron chi connectivity index (χ0n) is 15.7. The van der Waals surface area contributed by atoms with E-state index in [9.17, 15) is 4.79 Å². The van der Waals surface area contributed by atoms with Gasteiger partial charge in [0.15, 0.2) is 0 Å². The molecule has 3 fully saturated rings. The SMILES string of the molecule is CN1CC2(CCN(C3CSCCSC3)CC2)C[C@@H](c2ccccc2)C1=O. The molecule has 0 radical (unpaired) electrons. The zero-order chi connectivity index (χ0) is 18.0. The van der Waals surface area contributed by atoms with E-state index in [4.69, 9.17) is 0 Å². The smallest absolute Gasteiger partial charge is 0.229 e. The maximum Gasteiger partial charge on any atom is 0.229 e. The van der Waals surface area contributed by atoms with E-state index >= 15 is 0 Å². The van der Waals surface area contributed by atoms with Crippen molar-refractivity contribution in [2.45, 2.75) is 31.2 Å². The van der Waals surface area contributed by atoms with Crippen LogP contribution in [0.4, 0.5) is 0 Å². The highest BCUT2D eigenvalue weighted by molar-refractivity contribution is 8.03. The number of carbonyl (C=O) groups is 1. The molecule has 142 valence electrons. The minimum atomic E-state index is 0.0468. The van der Waals surface area contributed by atoms with Crippen LogP contribution in [-0.4, -0.2) is 71.4 Å². The van der Waals surface area contributed by atoms with Crippen molar-refractivity contribution in [3.05, 3.63) is 35.9 Å². The Bertz CT molecular complexity index is 608. The molecular weight excluding hydrogens is 360 g/mol. The lowest BCUT2D eigenvalue weighted by atomic mass is 9.67. The van der Waals surface area contributed by atoms with Gasteiger partial charge in [-0.25, -0.2) is 0 Å². The molecular formula is C21H30N2OS2. The molecule has 3 aliphatic rings. The van der Waals surface area contributed by atoms with Gasteiger partial charge in [0.05, 0.1) is 5.92 Å². The molecule has 5 heteroatoms. The third-order valence-corrected chi connectivity index (χ3v) is 8.94. The first-order chi connectivity index (χ1) is 12.7. The first kappa shape index (κ1) is 18.7. The Morgan fingerprint density at radius 2 is 1.69 bits per heavy atom. The molecule has 1 aromatic rings. The van der Waals surface area contributed by atoms with Gasteiger partial charge < -0.3 is 4.90 Å². The summed E-state index contributed by atoms with van der Waals surface area (Å²) in [7, 11) is 2.00. The van der Waals surface area contributed by atoms with Crippen molar-refractivity contribution in [1.82, 2.24) is 9.80 Å². The predicted octanol–water partition coefficient (Wildman–Crippen LogP) is 3.56. The van der Waals surface area contributed by atoms with E-state index in [0.29, 0.717) is 11.3 Å². The van der Waals surface area contributed by atoms with Crippen molar-refractivity contribution in [2.75, 3.05) is 49.7 Å². The predicted molar refractivity (Wildman–Crippen MR) is 113 cm³/mol. The second-order valence-corrected chi connectivity index (χ2v) is 10.5. The number of benzene rings is 1. The van der Waals surface area contributed by atoms with Crippen molar-refractivity contribution in [2.24, 2.45) is 5.41 Å². The van der Waals surface area contributed by atoms with Gasteiger partial charge in [0, 0.05) is 42.6 Å². The summed E-state index contributed by atoms with van der Waals surface area (Å²) in [6, 6.07) is 11.2. The van der Waals surface area contributed by atoms with Gasteiger partial charge >= 0.3 is 0 Å². The Morgan fingerprint density at radius 1 is 1.04 bits per heavy atom. The Morgan fingerprint density at radius 3 is 2.35 bits per heavy atom. The lowest BCUT2D eigenvalue weighted by Gasteiger charge is -2.50.